The molecule has 4 heteroatoms. The first-order valence-corrected chi connectivity index (χ1v) is 0. The Kier molecular flexibility index (Phi) is 138. The average Bonchev–Trinajstić information content (AvgIpc) is 0. The third-order valence-electron chi connectivity index (χ3n) is 0. The molecule has 0 fully saturated rings. The van der Waals surface area contributed by atoms with Gasteiger partial charge in [-0.1, -0.05) is 0 Å². The van der Waals surface area contributed by atoms with Crippen LogP contribution in [0.4, 0.5) is 0 Å². The van der Waals surface area contributed by atoms with Gasteiger partial charge in [0, 0.05) is 64.8 Å². The molecule has 0 rings (SSSR count). The van der Waals surface area contributed by atoms with Crippen molar-refractivity contribution in [2.75, 3.05) is 0 Å². The van der Waals surface area contributed by atoms with Crippen molar-refractivity contribution in [2.45, 2.75) is 0 Å². The molecule has 1 unspecified atom stereocenters. The van der Waals surface area contributed by atoms with Gasteiger partial charge in [0.15, 0.2) is 0 Å². The van der Waals surface area contributed by atoms with Crippen molar-refractivity contribution in [3.05, 3.63) is 0 Å². The zero-order valence-electron chi connectivity index (χ0n) is 1.97. The summed E-state index contributed by atoms with van der Waals surface area (Å²) in [6, 6.07) is 0. The monoisotopic (exact) mass is 333 g/mol. The average molecular weight is 333 g/mol. The van der Waals surface area contributed by atoms with Gasteiger partial charge in [-0.2, -0.15) is 9.90 Å². The molecule has 0 saturated carbocycles. The molecule has 0 aromatic rings. The summed E-state index contributed by atoms with van der Waals surface area (Å²) < 4.78 is 0. The van der Waals surface area contributed by atoms with Gasteiger partial charge in [-0.25, -0.2) is 0 Å². The molecular formula is H3NiPSbSn. The van der Waals surface area contributed by atoms with Crippen LogP contribution >= 0.6 is 9.90 Å². The molecule has 4 heavy (non-hydrogen) atoms. The molecule has 0 N–H and O–H groups in total. The standard InChI is InChI=1S/Ni.H3P.Sb.Sn/h;1H3;;. The predicted octanol–water partition coefficient (Wildman–Crippen LogP) is -0.706. The van der Waals surface area contributed by atoms with Gasteiger partial charge in [0.25, 0.3) is 0 Å². The van der Waals surface area contributed by atoms with Gasteiger partial charge in [0.05, 0.1) is 0 Å². The summed E-state index contributed by atoms with van der Waals surface area (Å²) in [6.07, 6.45) is 0. The topological polar surface area (TPSA) is 0 Å². The van der Waals surface area contributed by atoms with Crippen LogP contribution in [0.25, 0.3) is 0 Å². The fourth-order valence-electron chi connectivity index (χ4n) is 0. The van der Waals surface area contributed by atoms with Gasteiger partial charge in [-0.3, -0.25) is 0 Å². The van der Waals surface area contributed by atoms with Crippen LogP contribution in [-0.4, -0.2) is 48.3 Å². The van der Waals surface area contributed by atoms with Crippen molar-refractivity contribution in [3.63, 3.8) is 0 Å². The van der Waals surface area contributed by atoms with Gasteiger partial charge in [-0.15, -0.1) is 0 Å². The van der Waals surface area contributed by atoms with E-state index in [4.69, 9.17) is 0 Å². The van der Waals surface area contributed by atoms with Crippen molar-refractivity contribution < 1.29 is 16.5 Å². The molecule has 0 heterocycles. The van der Waals surface area contributed by atoms with Crippen LogP contribution in [0.3, 0.4) is 0 Å². The molecule has 0 aliphatic rings. The maximum atomic E-state index is 0. The number of hydrogen-bond acceptors (Lipinski definition) is 0. The third kappa shape index (κ3) is 8.82. The van der Waals surface area contributed by atoms with E-state index in [1.807, 2.05) is 0 Å². The Morgan fingerprint density at radius 3 is 1.00 bits per heavy atom. The molecule has 0 aliphatic carbocycles. The van der Waals surface area contributed by atoms with Gasteiger partial charge in [0.1, 0.15) is 0 Å². The van der Waals surface area contributed by atoms with Crippen molar-refractivity contribution in [1.29, 1.82) is 0 Å². The molecule has 0 aliphatic heterocycles. The first-order chi connectivity index (χ1) is 0. The van der Waals surface area contributed by atoms with Crippen LogP contribution in [0, 0.1) is 0 Å². The Bertz CT molecular complexity index is 8.00. The van der Waals surface area contributed by atoms with Crippen molar-refractivity contribution in [2.24, 2.45) is 0 Å². The van der Waals surface area contributed by atoms with E-state index in [0.717, 1.165) is 0 Å². The Morgan fingerprint density at radius 2 is 1.00 bits per heavy atom. The Balaban J connectivity index is 0. The second-order valence-electron chi connectivity index (χ2n) is 0. The van der Waals surface area contributed by atoms with E-state index < -0.39 is 0 Å². The molecule has 0 nitrogen and oxygen atoms in total. The van der Waals surface area contributed by atoms with Crippen LogP contribution in [0.5, 0.6) is 0 Å². The van der Waals surface area contributed by atoms with E-state index in [0.29, 0.717) is 0 Å². The minimum absolute atomic E-state index is 0. The summed E-state index contributed by atoms with van der Waals surface area (Å²) in [4.78, 5) is 0. The zero-order valence-corrected chi connectivity index (χ0v) is 9.78. The smallest absolute Gasteiger partial charge is 0 e. The first kappa shape index (κ1) is 31.1. The summed E-state index contributed by atoms with van der Waals surface area (Å²) in [5, 5.41) is 0. The van der Waals surface area contributed by atoms with E-state index in [-0.39, 0.29) is 74.7 Å². The van der Waals surface area contributed by atoms with E-state index >= 15 is 0 Å². The van der Waals surface area contributed by atoms with Gasteiger partial charge >= 0.3 is 0 Å². The maximum absolute atomic E-state index is 0. The van der Waals surface area contributed by atoms with E-state index in [1.54, 1.807) is 0 Å². The molecule has 0 aromatic heterocycles. The summed E-state index contributed by atoms with van der Waals surface area (Å²) >= 11 is 0. The Hall–Kier alpha value is 2.54. The van der Waals surface area contributed by atoms with E-state index in [1.165, 1.54) is 0 Å². The fourth-order valence-corrected chi connectivity index (χ4v) is 0. The minimum Gasteiger partial charge on any atom is -0.153 e. The summed E-state index contributed by atoms with van der Waals surface area (Å²) in [5.41, 5.74) is 0. The van der Waals surface area contributed by atoms with Crippen LogP contribution in [0.1, 0.15) is 0 Å². The third-order valence-corrected chi connectivity index (χ3v) is 0. The Morgan fingerprint density at radius 1 is 1.00 bits per heavy atom. The largest absolute Gasteiger partial charge is 0.153 e. The predicted molar refractivity (Wildman–Crippen MR) is 22.6 cm³/mol. The van der Waals surface area contributed by atoms with Gasteiger partial charge in [-0.05, 0) is 0 Å². The van der Waals surface area contributed by atoms with Crippen LogP contribution in [-0.2, 0) is 16.5 Å². The SMILES string of the molecule is P.[Ni].[Sb].[Sn]. The van der Waals surface area contributed by atoms with Crippen molar-refractivity contribution >= 4 is 58.2 Å². The van der Waals surface area contributed by atoms with Gasteiger partial charge < -0.3 is 0 Å². The second-order valence-corrected chi connectivity index (χ2v) is 0. The molecule has 0 saturated heterocycles. The van der Waals surface area contributed by atoms with Crippen molar-refractivity contribution in [3.8, 4) is 0 Å². The summed E-state index contributed by atoms with van der Waals surface area (Å²) in [6.45, 7) is 0. The normalized spacial score (nSPS) is 0. The molecule has 27 valence electrons. The Labute approximate surface area is 73.8 Å². The van der Waals surface area contributed by atoms with E-state index in [2.05, 4.69) is 0 Å². The summed E-state index contributed by atoms with van der Waals surface area (Å²) in [5.74, 6) is 0. The first-order valence-electron chi connectivity index (χ1n) is 0. The van der Waals surface area contributed by atoms with Crippen LogP contribution in [0.15, 0.2) is 0 Å². The molecule has 7 radical (unpaired) electrons. The molecule has 0 aromatic carbocycles. The summed E-state index contributed by atoms with van der Waals surface area (Å²) in [7, 11) is 0. The quantitative estimate of drug-likeness (QED) is 0.406. The molecule has 0 amide bonds. The van der Waals surface area contributed by atoms with Gasteiger partial charge in [0.2, 0.25) is 0 Å². The van der Waals surface area contributed by atoms with E-state index in [9.17, 15) is 0 Å². The number of hydrogen-bond donors (Lipinski definition) is 0. The van der Waals surface area contributed by atoms with Crippen LogP contribution in [0.2, 0.25) is 0 Å². The van der Waals surface area contributed by atoms with Crippen molar-refractivity contribution in [1.82, 2.24) is 0 Å². The molecule has 1 atom stereocenters. The molecular weight excluding hydrogens is 330 g/mol. The maximum Gasteiger partial charge on any atom is 0 e. The number of rotatable bonds is 0. The van der Waals surface area contributed by atoms with Crippen LogP contribution < -0.4 is 0 Å². The fraction of sp³-hybridized carbons (Fsp3) is 0. The molecule has 0 bridgehead atoms. The second kappa shape index (κ2) is 17.7. The molecule has 0 spiro atoms. The minimum atomic E-state index is 0. The zero-order chi connectivity index (χ0) is 0.